The third-order valence-electron chi connectivity index (χ3n) is 3.86. The standard InChI is InChI=1S/C16H25ClN4O3S2/c1-20(2)7-3-6-18-16(25)19-15-12-13(4-5-14(15)17)26(22,23)21-8-10-24-11-9-21/h4-5,12H,3,6-11H2,1-2H3,(H2,18,19,25). The molecule has 0 radical (unpaired) electrons. The summed E-state index contributed by atoms with van der Waals surface area (Å²) < 4.78 is 32.2. The molecule has 7 nitrogen and oxygen atoms in total. The molecule has 26 heavy (non-hydrogen) atoms. The molecule has 1 fully saturated rings. The van der Waals surface area contributed by atoms with E-state index >= 15 is 0 Å². The molecule has 1 aromatic carbocycles. The van der Waals surface area contributed by atoms with Crippen molar-refractivity contribution in [2.24, 2.45) is 0 Å². The van der Waals surface area contributed by atoms with Crippen LogP contribution in [0.5, 0.6) is 0 Å². The molecule has 1 heterocycles. The van der Waals surface area contributed by atoms with Crippen molar-refractivity contribution >= 4 is 44.6 Å². The van der Waals surface area contributed by atoms with Gasteiger partial charge in [-0.1, -0.05) is 11.6 Å². The monoisotopic (exact) mass is 420 g/mol. The summed E-state index contributed by atoms with van der Waals surface area (Å²) in [5.74, 6) is 0. The van der Waals surface area contributed by atoms with E-state index in [4.69, 9.17) is 28.6 Å². The summed E-state index contributed by atoms with van der Waals surface area (Å²) in [6.07, 6.45) is 0.938. The average Bonchev–Trinajstić information content (AvgIpc) is 2.61. The minimum absolute atomic E-state index is 0.182. The Hall–Kier alpha value is -0.970. The zero-order chi connectivity index (χ0) is 19.2. The molecule has 1 aliphatic heterocycles. The highest BCUT2D eigenvalue weighted by Gasteiger charge is 2.26. The van der Waals surface area contributed by atoms with Crippen LogP contribution in [0, 0.1) is 0 Å². The number of benzene rings is 1. The van der Waals surface area contributed by atoms with Gasteiger partial charge in [0.2, 0.25) is 10.0 Å². The zero-order valence-corrected chi connectivity index (χ0v) is 17.4. The van der Waals surface area contributed by atoms with E-state index in [1.807, 2.05) is 14.1 Å². The van der Waals surface area contributed by atoms with Gasteiger partial charge in [0.1, 0.15) is 0 Å². The molecule has 0 bridgehead atoms. The third-order valence-corrected chi connectivity index (χ3v) is 6.33. The predicted molar refractivity (Wildman–Crippen MR) is 108 cm³/mol. The molecule has 0 saturated carbocycles. The van der Waals surface area contributed by atoms with Crippen molar-refractivity contribution < 1.29 is 13.2 Å². The normalized spacial score (nSPS) is 15.8. The number of morpholine rings is 1. The average molecular weight is 421 g/mol. The summed E-state index contributed by atoms with van der Waals surface area (Å²) in [6, 6.07) is 4.58. The smallest absolute Gasteiger partial charge is 0.243 e. The Morgan fingerprint density at radius 1 is 1.35 bits per heavy atom. The first-order valence-electron chi connectivity index (χ1n) is 8.38. The highest BCUT2D eigenvalue weighted by Crippen LogP contribution is 2.27. The largest absolute Gasteiger partial charge is 0.379 e. The molecular formula is C16H25ClN4O3S2. The molecule has 1 saturated heterocycles. The van der Waals surface area contributed by atoms with Crippen LogP contribution in [0.25, 0.3) is 0 Å². The van der Waals surface area contributed by atoms with Crippen LogP contribution >= 0.6 is 23.8 Å². The van der Waals surface area contributed by atoms with E-state index in [0.717, 1.165) is 13.0 Å². The Bertz CT molecular complexity index is 722. The van der Waals surface area contributed by atoms with Crippen LogP contribution in [0.2, 0.25) is 5.02 Å². The van der Waals surface area contributed by atoms with Gasteiger partial charge in [0.05, 0.1) is 28.8 Å². The maximum absolute atomic E-state index is 12.8. The van der Waals surface area contributed by atoms with Gasteiger partial charge in [-0.15, -0.1) is 0 Å². The quantitative estimate of drug-likeness (QED) is 0.512. The summed E-state index contributed by atoms with van der Waals surface area (Å²) in [7, 11) is 0.439. The van der Waals surface area contributed by atoms with Gasteiger partial charge in [0.15, 0.2) is 5.11 Å². The molecular weight excluding hydrogens is 396 g/mol. The van der Waals surface area contributed by atoms with Gasteiger partial charge < -0.3 is 20.3 Å². The molecule has 146 valence electrons. The van der Waals surface area contributed by atoms with Crippen LogP contribution < -0.4 is 10.6 Å². The minimum atomic E-state index is -3.58. The topological polar surface area (TPSA) is 73.9 Å². The van der Waals surface area contributed by atoms with Crippen LogP contribution in [0.4, 0.5) is 5.69 Å². The molecule has 0 aliphatic carbocycles. The number of hydrogen-bond donors (Lipinski definition) is 2. The van der Waals surface area contributed by atoms with E-state index in [2.05, 4.69) is 15.5 Å². The molecule has 0 atom stereocenters. The van der Waals surface area contributed by atoms with Crippen LogP contribution in [0.1, 0.15) is 6.42 Å². The molecule has 1 aromatic rings. The Balaban J connectivity index is 2.03. The van der Waals surface area contributed by atoms with E-state index in [-0.39, 0.29) is 4.90 Å². The van der Waals surface area contributed by atoms with Gasteiger partial charge in [-0.2, -0.15) is 4.31 Å². The van der Waals surface area contributed by atoms with Crippen molar-refractivity contribution in [3.63, 3.8) is 0 Å². The van der Waals surface area contributed by atoms with Gasteiger partial charge in [-0.3, -0.25) is 0 Å². The predicted octanol–water partition coefficient (Wildman–Crippen LogP) is 1.60. The Kier molecular flexibility index (Phi) is 8.05. The number of rotatable bonds is 7. The second-order valence-electron chi connectivity index (χ2n) is 6.20. The van der Waals surface area contributed by atoms with Gasteiger partial charge in [-0.25, -0.2) is 8.42 Å². The number of sulfonamides is 1. The van der Waals surface area contributed by atoms with Crippen LogP contribution in [-0.4, -0.2) is 76.2 Å². The van der Waals surface area contributed by atoms with Crippen molar-refractivity contribution in [3.05, 3.63) is 23.2 Å². The molecule has 2 N–H and O–H groups in total. The third kappa shape index (κ3) is 6.04. The summed E-state index contributed by atoms with van der Waals surface area (Å²) in [6.45, 7) is 3.16. The molecule has 0 aromatic heterocycles. The van der Waals surface area contributed by atoms with Crippen LogP contribution in [-0.2, 0) is 14.8 Å². The Labute approximate surface area is 165 Å². The Morgan fingerprint density at radius 3 is 2.69 bits per heavy atom. The maximum Gasteiger partial charge on any atom is 0.243 e. The molecule has 0 amide bonds. The number of nitrogens with one attached hydrogen (secondary N) is 2. The van der Waals surface area contributed by atoms with Crippen molar-refractivity contribution in [2.45, 2.75) is 11.3 Å². The lowest BCUT2D eigenvalue weighted by Crippen LogP contribution is -2.40. The zero-order valence-electron chi connectivity index (χ0n) is 15.0. The van der Waals surface area contributed by atoms with Crippen molar-refractivity contribution in [2.75, 3.05) is 58.8 Å². The molecule has 0 spiro atoms. The fourth-order valence-electron chi connectivity index (χ4n) is 2.46. The Morgan fingerprint density at radius 2 is 2.04 bits per heavy atom. The van der Waals surface area contributed by atoms with Crippen molar-refractivity contribution in [1.82, 2.24) is 14.5 Å². The fourth-order valence-corrected chi connectivity index (χ4v) is 4.27. The lowest BCUT2D eigenvalue weighted by molar-refractivity contribution is 0.0730. The number of thiocarbonyl (C=S) groups is 1. The fraction of sp³-hybridized carbons (Fsp3) is 0.562. The van der Waals surface area contributed by atoms with Crippen LogP contribution in [0.15, 0.2) is 23.1 Å². The first-order valence-corrected chi connectivity index (χ1v) is 10.6. The summed E-state index contributed by atoms with van der Waals surface area (Å²) in [5, 5.41) is 6.89. The van der Waals surface area contributed by atoms with E-state index in [0.29, 0.717) is 48.7 Å². The number of nitrogens with zero attached hydrogens (tertiary/aromatic N) is 2. The summed E-state index contributed by atoms with van der Waals surface area (Å²) >= 11 is 11.5. The minimum Gasteiger partial charge on any atom is -0.379 e. The van der Waals surface area contributed by atoms with Gasteiger partial charge >= 0.3 is 0 Å². The van der Waals surface area contributed by atoms with Crippen molar-refractivity contribution in [1.29, 1.82) is 0 Å². The van der Waals surface area contributed by atoms with E-state index in [9.17, 15) is 8.42 Å². The highest BCUT2D eigenvalue weighted by atomic mass is 35.5. The molecule has 10 heteroatoms. The lowest BCUT2D eigenvalue weighted by atomic mass is 10.3. The van der Waals surface area contributed by atoms with Crippen LogP contribution in [0.3, 0.4) is 0 Å². The highest BCUT2D eigenvalue weighted by molar-refractivity contribution is 7.89. The molecule has 0 unspecified atom stereocenters. The van der Waals surface area contributed by atoms with Gasteiger partial charge in [0, 0.05) is 19.6 Å². The number of anilines is 1. The van der Waals surface area contributed by atoms with Gasteiger partial charge in [-0.05, 0) is 57.5 Å². The van der Waals surface area contributed by atoms with Crippen molar-refractivity contribution in [3.8, 4) is 0 Å². The second kappa shape index (κ2) is 9.82. The first-order chi connectivity index (χ1) is 12.3. The maximum atomic E-state index is 12.8. The lowest BCUT2D eigenvalue weighted by Gasteiger charge is -2.26. The summed E-state index contributed by atoms with van der Waals surface area (Å²) in [5.41, 5.74) is 0.464. The second-order valence-corrected chi connectivity index (χ2v) is 8.95. The van der Waals surface area contributed by atoms with E-state index in [1.54, 1.807) is 6.07 Å². The first kappa shape index (κ1) is 21.3. The van der Waals surface area contributed by atoms with E-state index in [1.165, 1.54) is 16.4 Å². The number of ether oxygens (including phenoxy) is 1. The summed E-state index contributed by atoms with van der Waals surface area (Å²) in [4.78, 5) is 2.27. The number of halogens is 1. The molecule has 1 aliphatic rings. The number of hydrogen-bond acceptors (Lipinski definition) is 5. The van der Waals surface area contributed by atoms with E-state index < -0.39 is 10.0 Å². The molecule has 2 rings (SSSR count). The van der Waals surface area contributed by atoms with Gasteiger partial charge in [0.25, 0.3) is 0 Å². The SMILES string of the molecule is CN(C)CCCNC(=S)Nc1cc(S(=O)(=O)N2CCOCC2)ccc1Cl.